The Hall–Kier alpha value is -0.270. The van der Waals surface area contributed by atoms with E-state index in [-0.39, 0.29) is 22.8 Å². The molecule has 114 valence electrons. The van der Waals surface area contributed by atoms with Crippen LogP contribution in [0.5, 0.6) is 0 Å². The van der Waals surface area contributed by atoms with Gasteiger partial charge in [-0.25, -0.2) is 0 Å². The average Bonchev–Trinajstić information content (AvgIpc) is 2.31. The summed E-state index contributed by atoms with van der Waals surface area (Å²) < 4.78 is 32.7. The molecule has 0 aromatic rings. The summed E-state index contributed by atoms with van der Waals surface area (Å²) in [5, 5.41) is 0. The second-order valence-corrected chi connectivity index (χ2v) is 9.24. The van der Waals surface area contributed by atoms with Crippen molar-refractivity contribution in [2.75, 3.05) is 11.5 Å². The van der Waals surface area contributed by atoms with Gasteiger partial charge in [-0.2, -0.15) is 8.42 Å². The molecule has 0 heterocycles. The zero-order valence-electron chi connectivity index (χ0n) is 11.4. The van der Waals surface area contributed by atoms with E-state index in [9.17, 15) is 13.2 Å². The number of nitrogens with one attached hydrogen (secondary N) is 1. The Morgan fingerprint density at radius 2 is 1.65 bits per heavy atom. The van der Waals surface area contributed by atoms with Gasteiger partial charge in [-0.05, 0) is 68.2 Å². The highest BCUT2D eigenvalue weighted by molar-refractivity contribution is 7.98. The van der Waals surface area contributed by atoms with Gasteiger partial charge in [0.15, 0.2) is 0 Å². The lowest BCUT2D eigenvalue weighted by molar-refractivity contribution is -0.144. The number of hydrogen-bond donors (Lipinski definition) is 2. The molecule has 4 aliphatic rings. The van der Waals surface area contributed by atoms with Crippen molar-refractivity contribution in [1.82, 2.24) is 4.72 Å². The minimum Gasteiger partial charge on any atom is -0.300 e. The summed E-state index contributed by atoms with van der Waals surface area (Å²) in [4.78, 5) is 12.5. The number of rotatable bonds is 5. The van der Waals surface area contributed by atoms with Crippen LogP contribution in [-0.2, 0) is 14.9 Å². The van der Waals surface area contributed by atoms with Crippen molar-refractivity contribution in [2.45, 2.75) is 38.5 Å². The molecule has 20 heavy (non-hydrogen) atoms. The molecule has 1 amide bonds. The van der Waals surface area contributed by atoms with E-state index in [0.29, 0.717) is 0 Å². The molecular formula is C13H21NO4S2. The molecule has 4 fully saturated rings. The van der Waals surface area contributed by atoms with Crippen molar-refractivity contribution in [1.29, 1.82) is 0 Å². The molecule has 0 radical (unpaired) electrons. The molecule has 0 spiro atoms. The SMILES string of the molecule is O=C(NSCCS(=O)(=O)O)C12CC3CC(CC(C3)C1)C2. The van der Waals surface area contributed by atoms with Crippen LogP contribution in [0.1, 0.15) is 38.5 Å². The van der Waals surface area contributed by atoms with Crippen molar-refractivity contribution >= 4 is 28.0 Å². The average molecular weight is 319 g/mol. The zero-order valence-corrected chi connectivity index (χ0v) is 13.0. The van der Waals surface area contributed by atoms with Crippen molar-refractivity contribution in [3.63, 3.8) is 0 Å². The Morgan fingerprint density at radius 3 is 2.10 bits per heavy atom. The highest BCUT2D eigenvalue weighted by Gasteiger charge is 2.54. The first-order valence-corrected chi connectivity index (χ1v) is 9.83. The Labute approximate surface area is 124 Å². The number of carbonyl (C=O) groups excluding carboxylic acids is 1. The minimum absolute atomic E-state index is 0.0805. The third-order valence-electron chi connectivity index (χ3n) is 5.13. The first-order valence-electron chi connectivity index (χ1n) is 7.24. The molecule has 4 saturated carbocycles. The van der Waals surface area contributed by atoms with Crippen LogP contribution < -0.4 is 4.72 Å². The Morgan fingerprint density at radius 1 is 1.15 bits per heavy atom. The van der Waals surface area contributed by atoms with Gasteiger partial charge in [0.2, 0.25) is 5.91 Å². The summed E-state index contributed by atoms with van der Waals surface area (Å²) in [6.07, 6.45) is 6.89. The molecule has 2 N–H and O–H groups in total. The van der Waals surface area contributed by atoms with Gasteiger partial charge in [0, 0.05) is 5.75 Å². The van der Waals surface area contributed by atoms with Crippen LogP contribution in [0.2, 0.25) is 0 Å². The lowest BCUT2D eigenvalue weighted by atomic mass is 9.49. The van der Waals surface area contributed by atoms with E-state index in [4.69, 9.17) is 4.55 Å². The molecule has 0 saturated heterocycles. The van der Waals surface area contributed by atoms with Crippen molar-refractivity contribution in [2.24, 2.45) is 23.2 Å². The van der Waals surface area contributed by atoms with Crippen molar-refractivity contribution in [3.8, 4) is 0 Å². The van der Waals surface area contributed by atoms with Crippen LogP contribution in [0.15, 0.2) is 0 Å². The van der Waals surface area contributed by atoms with E-state index in [1.54, 1.807) is 0 Å². The lowest BCUT2D eigenvalue weighted by Gasteiger charge is -2.55. The summed E-state index contributed by atoms with van der Waals surface area (Å²) in [5.41, 5.74) is -0.195. The maximum atomic E-state index is 12.5. The Kier molecular flexibility index (Phi) is 3.79. The lowest BCUT2D eigenvalue weighted by Crippen LogP contribution is -2.52. The molecule has 0 aromatic heterocycles. The molecule has 0 aromatic carbocycles. The highest BCUT2D eigenvalue weighted by Crippen LogP contribution is 2.60. The maximum absolute atomic E-state index is 12.5. The molecule has 4 aliphatic carbocycles. The largest absolute Gasteiger partial charge is 0.300 e. The van der Waals surface area contributed by atoms with E-state index >= 15 is 0 Å². The topological polar surface area (TPSA) is 83.5 Å². The number of amides is 1. The predicted octanol–water partition coefficient (Wildman–Crippen LogP) is 1.85. The van der Waals surface area contributed by atoms with E-state index < -0.39 is 10.1 Å². The van der Waals surface area contributed by atoms with Gasteiger partial charge in [-0.1, -0.05) is 0 Å². The minimum atomic E-state index is -3.94. The molecule has 0 aliphatic heterocycles. The van der Waals surface area contributed by atoms with Crippen LogP contribution in [0.3, 0.4) is 0 Å². The molecular weight excluding hydrogens is 298 g/mol. The zero-order chi connectivity index (χ0) is 14.4. The second kappa shape index (κ2) is 5.18. The van der Waals surface area contributed by atoms with E-state index in [2.05, 4.69) is 4.72 Å². The first-order chi connectivity index (χ1) is 9.36. The Balaban J connectivity index is 1.55. The molecule has 5 nitrogen and oxygen atoms in total. The van der Waals surface area contributed by atoms with E-state index in [0.717, 1.165) is 49.0 Å². The normalized spacial score (nSPS) is 39.0. The quantitative estimate of drug-likeness (QED) is 0.459. The molecule has 0 atom stereocenters. The third-order valence-corrected chi connectivity index (χ3v) is 6.84. The molecule has 0 unspecified atom stereocenters. The van der Waals surface area contributed by atoms with Crippen LogP contribution in [0.25, 0.3) is 0 Å². The standard InChI is InChI=1S/C13H21NO4S2/c15-12(14-19-1-2-20(16,17)18)13-6-9-3-10(7-13)5-11(4-9)8-13/h9-11H,1-8H2,(H,14,15)(H,16,17,18). The summed E-state index contributed by atoms with van der Waals surface area (Å²) in [5.74, 6) is 2.10. The van der Waals surface area contributed by atoms with Gasteiger partial charge in [0.1, 0.15) is 0 Å². The third kappa shape index (κ3) is 2.99. The first kappa shape index (κ1) is 14.7. The van der Waals surface area contributed by atoms with Crippen LogP contribution in [0, 0.1) is 23.2 Å². The van der Waals surface area contributed by atoms with E-state index in [1.165, 1.54) is 19.3 Å². The maximum Gasteiger partial charge on any atom is 0.265 e. The monoisotopic (exact) mass is 319 g/mol. The highest BCUT2D eigenvalue weighted by atomic mass is 32.2. The molecule has 7 heteroatoms. The fourth-order valence-electron chi connectivity index (χ4n) is 4.76. The summed E-state index contributed by atoms with van der Waals surface area (Å²) in [7, 11) is -3.94. The summed E-state index contributed by atoms with van der Waals surface area (Å²) >= 11 is 1.10. The number of carbonyl (C=O) groups is 1. The van der Waals surface area contributed by atoms with Crippen LogP contribution in [0.4, 0.5) is 0 Å². The van der Waals surface area contributed by atoms with Crippen LogP contribution >= 0.6 is 11.9 Å². The summed E-state index contributed by atoms with van der Waals surface area (Å²) in [6.45, 7) is 0. The van der Waals surface area contributed by atoms with Gasteiger partial charge in [-0.3, -0.25) is 14.1 Å². The van der Waals surface area contributed by atoms with Gasteiger partial charge in [0.05, 0.1) is 11.2 Å². The van der Waals surface area contributed by atoms with Crippen molar-refractivity contribution < 1.29 is 17.8 Å². The van der Waals surface area contributed by atoms with Gasteiger partial charge in [-0.15, -0.1) is 0 Å². The number of hydrogen-bond acceptors (Lipinski definition) is 4. The smallest absolute Gasteiger partial charge is 0.265 e. The predicted molar refractivity (Wildman–Crippen MR) is 77.6 cm³/mol. The fraction of sp³-hybridized carbons (Fsp3) is 0.923. The fourth-order valence-corrected chi connectivity index (χ4v) is 6.39. The van der Waals surface area contributed by atoms with Gasteiger partial charge in [0.25, 0.3) is 10.1 Å². The van der Waals surface area contributed by atoms with E-state index in [1.807, 2.05) is 0 Å². The molecule has 4 bridgehead atoms. The van der Waals surface area contributed by atoms with Crippen LogP contribution in [-0.4, -0.2) is 30.4 Å². The Bertz CT molecular complexity index is 467. The van der Waals surface area contributed by atoms with Crippen molar-refractivity contribution in [3.05, 3.63) is 0 Å². The summed E-state index contributed by atoms with van der Waals surface area (Å²) in [6, 6.07) is 0. The van der Waals surface area contributed by atoms with Gasteiger partial charge >= 0.3 is 0 Å². The second-order valence-electron chi connectivity index (χ2n) is 6.76. The van der Waals surface area contributed by atoms with Gasteiger partial charge < -0.3 is 0 Å². The molecule has 4 rings (SSSR count).